The van der Waals surface area contributed by atoms with Crippen molar-refractivity contribution in [3.8, 4) is 17.3 Å². The summed E-state index contributed by atoms with van der Waals surface area (Å²) >= 11 is 0. The molecular weight excluding hydrogens is 488 g/mol. The van der Waals surface area contributed by atoms with Crippen LogP contribution < -0.4 is 20.7 Å². The number of aromatic nitrogens is 3. The van der Waals surface area contributed by atoms with Crippen molar-refractivity contribution in [1.29, 1.82) is 0 Å². The number of nitrogens with one attached hydrogen (secondary N) is 1. The van der Waals surface area contributed by atoms with Gasteiger partial charge < -0.3 is 20.7 Å². The lowest BCUT2D eigenvalue weighted by molar-refractivity contribution is 0.108. The van der Waals surface area contributed by atoms with Gasteiger partial charge in [0.1, 0.15) is 29.5 Å². The topological polar surface area (TPSA) is 92.4 Å². The van der Waals surface area contributed by atoms with Gasteiger partial charge in [0.15, 0.2) is 5.82 Å². The standard InChI is InChI=1S/C28H33F2N7O/c29-21-8-2-7-19(23(21)31)24-22(30)25-20(14-33-24)26(37-15-17-5-1-6-18(37)13-32-17)35-27(34-25)38-16-28-9-3-11-36(28)12-4-10-28/h2,7-8,14,17-18,32H,1,3-6,9-13,15-16,31H2. The monoisotopic (exact) mass is 521 g/mol. The average molecular weight is 522 g/mol. The van der Waals surface area contributed by atoms with Crippen LogP contribution in [0.3, 0.4) is 0 Å². The Morgan fingerprint density at radius 1 is 1.11 bits per heavy atom. The minimum absolute atomic E-state index is 0.0159. The number of ether oxygens (including phenoxy) is 1. The number of anilines is 2. The van der Waals surface area contributed by atoms with Gasteiger partial charge in [-0.05, 0) is 64.1 Å². The number of halogens is 2. The number of nitrogens with two attached hydrogens (primary N) is 1. The first-order valence-corrected chi connectivity index (χ1v) is 13.8. The van der Waals surface area contributed by atoms with Crippen molar-refractivity contribution < 1.29 is 13.5 Å². The van der Waals surface area contributed by atoms with E-state index in [1.54, 1.807) is 12.3 Å². The fraction of sp³-hybridized carbons (Fsp3) is 0.536. The third kappa shape index (κ3) is 3.88. The van der Waals surface area contributed by atoms with Crippen LogP contribution in [0.1, 0.15) is 44.9 Å². The van der Waals surface area contributed by atoms with Crippen LogP contribution in [0.15, 0.2) is 24.4 Å². The minimum atomic E-state index is -0.645. The predicted molar refractivity (Wildman–Crippen MR) is 142 cm³/mol. The normalized spacial score (nSPS) is 24.6. The first-order chi connectivity index (χ1) is 18.5. The van der Waals surface area contributed by atoms with E-state index in [1.807, 2.05) is 0 Å². The molecule has 3 aromatic rings. The zero-order valence-electron chi connectivity index (χ0n) is 21.4. The van der Waals surface area contributed by atoms with E-state index in [1.165, 1.54) is 12.1 Å². The van der Waals surface area contributed by atoms with Gasteiger partial charge in [0.05, 0.1) is 16.6 Å². The first kappa shape index (κ1) is 24.0. The van der Waals surface area contributed by atoms with Crippen molar-refractivity contribution in [3.05, 3.63) is 36.0 Å². The molecule has 38 heavy (non-hydrogen) atoms. The van der Waals surface area contributed by atoms with Gasteiger partial charge >= 0.3 is 6.01 Å². The summed E-state index contributed by atoms with van der Waals surface area (Å²) < 4.78 is 36.7. The van der Waals surface area contributed by atoms with Gasteiger partial charge in [0.25, 0.3) is 0 Å². The summed E-state index contributed by atoms with van der Waals surface area (Å²) in [5, 5.41) is 4.15. The summed E-state index contributed by atoms with van der Waals surface area (Å²) in [5.41, 5.74) is 6.15. The van der Waals surface area contributed by atoms with Crippen LogP contribution >= 0.6 is 0 Å². The zero-order valence-corrected chi connectivity index (χ0v) is 21.4. The fourth-order valence-corrected chi connectivity index (χ4v) is 7.07. The molecule has 2 atom stereocenters. The van der Waals surface area contributed by atoms with Crippen LogP contribution in [0.4, 0.5) is 20.3 Å². The van der Waals surface area contributed by atoms with Crippen molar-refractivity contribution in [1.82, 2.24) is 25.2 Å². The fourth-order valence-electron chi connectivity index (χ4n) is 7.07. The van der Waals surface area contributed by atoms with Crippen LogP contribution in [0, 0.1) is 11.6 Å². The molecule has 0 aliphatic carbocycles. The maximum absolute atomic E-state index is 16.2. The van der Waals surface area contributed by atoms with Gasteiger partial charge in [-0.25, -0.2) is 8.78 Å². The van der Waals surface area contributed by atoms with Gasteiger partial charge in [-0.1, -0.05) is 12.1 Å². The van der Waals surface area contributed by atoms with E-state index in [-0.39, 0.29) is 40.1 Å². The summed E-state index contributed by atoms with van der Waals surface area (Å²) in [4.78, 5) is 18.7. The second-order valence-electron chi connectivity index (χ2n) is 11.3. The molecule has 0 spiro atoms. The van der Waals surface area contributed by atoms with E-state index in [0.29, 0.717) is 23.9 Å². The van der Waals surface area contributed by atoms with E-state index >= 15 is 4.39 Å². The number of hydrogen-bond acceptors (Lipinski definition) is 8. The highest BCUT2D eigenvalue weighted by Crippen LogP contribution is 2.40. The highest BCUT2D eigenvalue weighted by molar-refractivity contribution is 5.93. The quantitative estimate of drug-likeness (QED) is 0.489. The molecule has 5 fully saturated rings. The van der Waals surface area contributed by atoms with Crippen LogP contribution in [0.2, 0.25) is 0 Å². The summed E-state index contributed by atoms with van der Waals surface area (Å²) in [6.45, 7) is 4.32. The van der Waals surface area contributed by atoms with Crippen molar-refractivity contribution in [2.45, 2.75) is 62.6 Å². The largest absolute Gasteiger partial charge is 0.461 e. The summed E-state index contributed by atoms with van der Waals surface area (Å²) in [7, 11) is 0. The molecule has 1 aromatic carbocycles. The molecule has 8 nitrogen and oxygen atoms in total. The number of pyridine rings is 1. The molecule has 0 radical (unpaired) electrons. The second-order valence-corrected chi connectivity index (χ2v) is 11.3. The van der Waals surface area contributed by atoms with E-state index in [9.17, 15) is 4.39 Å². The third-order valence-electron chi connectivity index (χ3n) is 9.09. The molecule has 0 saturated carbocycles. The molecule has 200 valence electrons. The van der Waals surface area contributed by atoms with E-state index in [0.717, 1.165) is 71.1 Å². The van der Waals surface area contributed by atoms with Crippen molar-refractivity contribution in [3.63, 3.8) is 0 Å². The molecule has 7 heterocycles. The Morgan fingerprint density at radius 2 is 1.95 bits per heavy atom. The maximum Gasteiger partial charge on any atom is 0.319 e. The Labute approximate surface area is 220 Å². The van der Waals surface area contributed by atoms with Crippen molar-refractivity contribution >= 4 is 22.4 Å². The minimum Gasteiger partial charge on any atom is -0.461 e. The third-order valence-corrected chi connectivity index (χ3v) is 9.09. The predicted octanol–water partition coefficient (Wildman–Crippen LogP) is 3.89. The maximum atomic E-state index is 16.2. The Kier molecular flexibility index (Phi) is 5.85. The Hall–Kier alpha value is -3.11. The number of fused-ring (bicyclic) bond motifs is 6. The molecule has 2 bridgehead atoms. The van der Waals surface area contributed by atoms with Crippen LogP contribution in [-0.4, -0.2) is 70.3 Å². The Balaban J connectivity index is 1.34. The molecule has 5 aliphatic heterocycles. The number of hydrogen-bond donors (Lipinski definition) is 2. The number of para-hydroxylation sites is 1. The summed E-state index contributed by atoms with van der Waals surface area (Å²) in [6.07, 6.45) is 9.39. The Bertz CT molecular complexity index is 1370. The number of benzene rings is 1. The van der Waals surface area contributed by atoms with Gasteiger partial charge in [-0.15, -0.1) is 0 Å². The lowest BCUT2D eigenvalue weighted by Gasteiger charge is -2.38. The highest BCUT2D eigenvalue weighted by atomic mass is 19.1. The molecule has 8 rings (SSSR count). The lowest BCUT2D eigenvalue weighted by Crippen LogP contribution is -2.54. The number of rotatable bonds is 5. The van der Waals surface area contributed by atoms with E-state index in [2.05, 4.69) is 25.1 Å². The van der Waals surface area contributed by atoms with E-state index in [4.69, 9.17) is 15.5 Å². The molecule has 5 saturated heterocycles. The lowest BCUT2D eigenvalue weighted by atomic mass is 9.95. The van der Waals surface area contributed by atoms with Crippen molar-refractivity contribution in [2.75, 3.05) is 43.4 Å². The average Bonchev–Trinajstić information content (AvgIpc) is 3.34. The molecule has 3 N–H and O–H groups in total. The van der Waals surface area contributed by atoms with Crippen LogP contribution in [0.5, 0.6) is 6.01 Å². The van der Waals surface area contributed by atoms with Crippen LogP contribution in [-0.2, 0) is 0 Å². The van der Waals surface area contributed by atoms with E-state index < -0.39 is 11.6 Å². The van der Waals surface area contributed by atoms with Gasteiger partial charge in [0.2, 0.25) is 0 Å². The molecule has 5 aliphatic rings. The molecule has 10 heteroatoms. The second kappa shape index (κ2) is 9.27. The first-order valence-electron chi connectivity index (χ1n) is 13.8. The highest BCUT2D eigenvalue weighted by Gasteiger charge is 2.45. The van der Waals surface area contributed by atoms with Gasteiger partial charge in [-0.3, -0.25) is 9.88 Å². The van der Waals surface area contributed by atoms with Gasteiger partial charge in [-0.2, -0.15) is 9.97 Å². The Morgan fingerprint density at radius 3 is 2.79 bits per heavy atom. The molecule has 0 amide bonds. The molecular formula is C28H33F2N7O. The molecule has 2 unspecified atom stereocenters. The summed E-state index contributed by atoms with van der Waals surface area (Å²) in [5.74, 6) is -0.602. The number of piperazine rings is 1. The number of nitrogens with zero attached hydrogens (tertiary/aromatic N) is 5. The van der Waals surface area contributed by atoms with Crippen LogP contribution in [0.25, 0.3) is 22.2 Å². The summed E-state index contributed by atoms with van der Waals surface area (Å²) in [6, 6.07) is 5.11. The SMILES string of the molecule is Nc1c(F)cccc1-c1ncc2c(N3CC4CCCC3CN4)nc(OCC34CCCN3CCC4)nc2c1F. The number of nitrogen functional groups attached to an aromatic ring is 1. The van der Waals surface area contributed by atoms with Crippen molar-refractivity contribution in [2.24, 2.45) is 0 Å². The smallest absolute Gasteiger partial charge is 0.319 e. The van der Waals surface area contributed by atoms with Gasteiger partial charge in [0, 0.05) is 36.9 Å². The zero-order chi connectivity index (χ0) is 25.9. The molecule has 2 aromatic heterocycles.